The molecule has 3 aromatic rings. The van der Waals surface area contributed by atoms with E-state index in [1.165, 1.54) is 5.01 Å². The molecule has 8 nitrogen and oxygen atoms in total. The Bertz CT molecular complexity index is 1080. The Morgan fingerprint density at radius 1 is 1.10 bits per heavy atom. The minimum atomic E-state index is -0.629. The Kier molecular flexibility index (Phi) is 5.47. The molecular formula is C22H19N3O5. The van der Waals surface area contributed by atoms with E-state index in [0.29, 0.717) is 23.7 Å². The molecule has 8 heteroatoms. The minimum Gasteiger partial charge on any atom is -0.483 e. The van der Waals surface area contributed by atoms with Gasteiger partial charge in [-0.3, -0.25) is 9.59 Å². The number of primary amides is 1. The number of nitrogens with two attached hydrogens (primary N) is 1. The van der Waals surface area contributed by atoms with Crippen LogP contribution in [-0.2, 0) is 4.79 Å². The molecular weight excluding hydrogens is 386 g/mol. The third-order valence-corrected chi connectivity index (χ3v) is 4.55. The number of allylic oxidation sites excluding steroid dienone is 1. The summed E-state index contributed by atoms with van der Waals surface area (Å²) in [4.78, 5) is 24.4. The molecule has 0 fully saturated rings. The zero-order valence-corrected chi connectivity index (χ0v) is 15.9. The average Bonchev–Trinajstić information content (AvgIpc) is 3.51. The molecule has 2 amide bonds. The number of carbonyl (C=O) groups excluding carboxylic acids is 2. The van der Waals surface area contributed by atoms with Gasteiger partial charge in [0.2, 0.25) is 0 Å². The molecule has 0 aliphatic carbocycles. The summed E-state index contributed by atoms with van der Waals surface area (Å²) in [6.45, 7) is -0.305. The van der Waals surface area contributed by atoms with E-state index in [0.717, 1.165) is 0 Å². The van der Waals surface area contributed by atoms with Gasteiger partial charge in [0.15, 0.2) is 6.61 Å². The summed E-state index contributed by atoms with van der Waals surface area (Å²) in [6, 6.07) is 13.3. The third kappa shape index (κ3) is 4.17. The molecule has 0 unspecified atom stereocenters. The van der Waals surface area contributed by atoms with Gasteiger partial charge in [-0.25, -0.2) is 5.01 Å². The highest BCUT2D eigenvalue weighted by molar-refractivity contribution is 6.01. The van der Waals surface area contributed by atoms with Gasteiger partial charge in [-0.2, -0.15) is 5.10 Å². The fourth-order valence-corrected chi connectivity index (χ4v) is 3.13. The average molecular weight is 405 g/mol. The molecule has 0 saturated carbocycles. The summed E-state index contributed by atoms with van der Waals surface area (Å²) < 4.78 is 16.4. The van der Waals surface area contributed by atoms with Crippen molar-refractivity contribution >= 4 is 23.6 Å². The van der Waals surface area contributed by atoms with E-state index in [9.17, 15) is 9.59 Å². The largest absolute Gasteiger partial charge is 0.483 e. The smallest absolute Gasteiger partial charge is 0.281 e. The number of furan rings is 2. The summed E-state index contributed by atoms with van der Waals surface area (Å²) in [5.41, 5.74) is 6.26. The van der Waals surface area contributed by atoms with E-state index in [1.54, 1.807) is 67.1 Å². The maximum Gasteiger partial charge on any atom is 0.281 e. The third-order valence-electron chi connectivity index (χ3n) is 4.55. The second-order valence-corrected chi connectivity index (χ2v) is 6.56. The van der Waals surface area contributed by atoms with Crippen LogP contribution in [0.15, 0.2) is 81.1 Å². The Hall–Kier alpha value is -4.07. The maximum atomic E-state index is 12.9. The highest BCUT2D eigenvalue weighted by atomic mass is 16.5. The highest BCUT2D eigenvalue weighted by Gasteiger charge is 2.33. The summed E-state index contributed by atoms with van der Waals surface area (Å²) >= 11 is 0. The van der Waals surface area contributed by atoms with Crippen LogP contribution < -0.4 is 10.5 Å². The number of hydrogen-bond acceptors (Lipinski definition) is 6. The van der Waals surface area contributed by atoms with Crippen LogP contribution in [0.5, 0.6) is 5.75 Å². The lowest BCUT2D eigenvalue weighted by molar-refractivity contribution is -0.135. The molecule has 0 radical (unpaired) electrons. The summed E-state index contributed by atoms with van der Waals surface area (Å²) in [6.07, 6.45) is 7.19. The van der Waals surface area contributed by atoms with E-state index in [-0.39, 0.29) is 23.8 Å². The van der Waals surface area contributed by atoms with Crippen LogP contribution >= 0.6 is 0 Å². The Balaban J connectivity index is 1.51. The van der Waals surface area contributed by atoms with Crippen molar-refractivity contribution in [2.24, 2.45) is 10.8 Å². The molecule has 1 aliphatic rings. The van der Waals surface area contributed by atoms with Crippen LogP contribution in [-0.4, -0.2) is 29.1 Å². The number of nitrogens with zero attached hydrogens (tertiary/aromatic N) is 2. The molecule has 1 aliphatic heterocycles. The Morgan fingerprint density at radius 3 is 2.63 bits per heavy atom. The molecule has 152 valence electrons. The van der Waals surface area contributed by atoms with Gasteiger partial charge in [-0.05, 0) is 48.6 Å². The first-order valence-electron chi connectivity index (χ1n) is 9.28. The second-order valence-electron chi connectivity index (χ2n) is 6.56. The first kappa shape index (κ1) is 19.3. The first-order valence-corrected chi connectivity index (χ1v) is 9.28. The van der Waals surface area contributed by atoms with Gasteiger partial charge in [0, 0.05) is 6.42 Å². The molecule has 0 saturated heterocycles. The molecule has 1 aromatic carbocycles. The molecule has 4 rings (SSSR count). The molecule has 0 bridgehead atoms. The van der Waals surface area contributed by atoms with Crippen LogP contribution in [0.3, 0.4) is 0 Å². The number of benzene rings is 1. The van der Waals surface area contributed by atoms with Crippen molar-refractivity contribution in [2.45, 2.75) is 12.5 Å². The van der Waals surface area contributed by atoms with Crippen molar-refractivity contribution < 1.29 is 23.2 Å². The Labute approximate surface area is 172 Å². The highest BCUT2D eigenvalue weighted by Crippen LogP contribution is 2.32. The molecule has 30 heavy (non-hydrogen) atoms. The molecule has 2 N–H and O–H groups in total. The fraction of sp³-hybridized carbons (Fsp3) is 0.136. The predicted molar refractivity (Wildman–Crippen MR) is 109 cm³/mol. The minimum absolute atomic E-state index is 0.208. The lowest BCUT2D eigenvalue weighted by Crippen LogP contribution is -2.31. The van der Waals surface area contributed by atoms with Gasteiger partial charge in [0.1, 0.15) is 23.3 Å². The van der Waals surface area contributed by atoms with Crippen molar-refractivity contribution in [3.63, 3.8) is 0 Å². The van der Waals surface area contributed by atoms with Crippen LogP contribution in [0.2, 0.25) is 0 Å². The molecule has 3 heterocycles. The number of ether oxygens (including phenoxy) is 1. The number of carbonyl (C=O) groups is 2. The summed E-state index contributed by atoms with van der Waals surface area (Å²) in [5, 5.41) is 5.78. The van der Waals surface area contributed by atoms with Gasteiger partial charge in [-0.1, -0.05) is 12.1 Å². The van der Waals surface area contributed by atoms with Crippen molar-refractivity contribution in [3.8, 4) is 5.75 Å². The van der Waals surface area contributed by atoms with Gasteiger partial charge in [0.25, 0.3) is 11.8 Å². The SMILES string of the molecule is NC(=O)c1ccccc1OCC(=O)N1N=C(/C=C/c2ccco2)C[C@@H]1c1ccco1. The molecule has 2 aromatic heterocycles. The monoisotopic (exact) mass is 405 g/mol. The summed E-state index contributed by atoms with van der Waals surface area (Å²) in [7, 11) is 0. The number of hydrogen-bond donors (Lipinski definition) is 1. The topological polar surface area (TPSA) is 111 Å². The van der Waals surface area contributed by atoms with Crippen molar-refractivity contribution in [1.29, 1.82) is 0 Å². The van der Waals surface area contributed by atoms with Crippen molar-refractivity contribution in [3.05, 3.63) is 84.2 Å². The van der Waals surface area contributed by atoms with Gasteiger partial charge in [0.05, 0.1) is 23.8 Å². The van der Waals surface area contributed by atoms with Gasteiger partial charge < -0.3 is 19.3 Å². The molecule has 1 atom stereocenters. The number of hydrazone groups is 1. The van der Waals surface area contributed by atoms with Gasteiger partial charge >= 0.3 is 0 Å². The maximum absolute atomic E-state index is 12.9. The lowest BCUT2D eigenvalue weighted by atomic mass is 10.1. The van der Waals surface area contributed by atoms with Crippen LogP contribution in [0, 0.1) is 0 Å². The zero-order valence-electron chi connectivity index (χ0n) is 15.9. The first-order chi connectivity index (χ1) is 14.6. The fourth-order valence-electron chi connectivity index (χ4n) is 3.13. The van der Waals surface area contributed by atoms with Crippen LogP contribution in [0.25, 0.3) is 6.08 Å². The second kappa shape index (κ2) is 8.52. The van der Waals surface area contributed by atoms with E-state index >= 15 is 0 Å². The van der Waals surface area contributed by atoms with E-state index in [1.807, 2.05) is 6.07 Å². The standard InChI is InChI=1S/C22H19N3O5/c23-22(27)17-6-1-2-7-19(17)30-14-21(26)25-18(20-8-4-12-29-20)13-15(24-25)9-10-16-5-3-11-28-16/h1-12,18H,13-14H2,(H2,23,27)/b10-9+/t18-/m1/s1. The number of rotatable bonds is 7. The normalized spacial score (nSPS) is 16.1. The van der Waals surface area contributed by atoms with E-state index < -0.39 is 11.9 Å². The Morgan fingerprint density at radius 2 is 1.90 bits per heavy atom. The van der Waals surface area contributed by atoms with E-state index in [2.05, 4.69) is 5.10 Å². The van der Waals surface area contributed by atoms with Crippen molar-refractivity contribution in [2.75, 3.05) is 6.61 Å². The van der Waals surface area contributed by atoms with Crippen LogP contribution in [0.1, 0.15) is 34.3 Å². The van der Waals surface area contributed by atoms with Crippen molar-refractivity contribution in [1.82, 2.24) is 5.01 Å². The quantitative estimate of drug-likeness (QED) is 0.648. The summed E-state index contributed by atoms with van der Waals surface area (Å²) in [5.74, 6) is 0.539. The zero-order chi connectivity index (χ0) is 20.9. The number of para-hydroxylation sites is 1. The van der Waals surface area contributed by atoms with E-state index in [4.69, 9.17) is 19.3 Å². The number of amides is 2. The van der Waals surface area contributed by atoms with Crippen LogP contribution in [0.4, 0.5) is 0 Å². The predicted octanol–water partition coefficient (Wildman–Crippen LogP) is 3.39. The lowest BCUT2D eigenvalue weighted by Gasteiger charge is -2.20. The van der Waals surface area contributed by atoms with Gasteiger partial charge in [-0.15, -0.1) is 0 Å². The molecule has 0 spiro atoms.